The van der Waals surface area contributed by atoms with E-state index in [-0.39, 0.29) is 24.6 Å². The molecule has 0 radical (unpaired) electrons. The van der Waals surface area contributed by atoms with Crippen molar-refractivity contribution in [3.8, 4) is 17.2 Å². The molecule has 7 heteroatoms. The minimum atomic E-state index is -0.119. The van der Waals surface area contributed by atoms with Gasteiger partial charge >= 0.3 is 0 Å². The largest absolute Gasteiger partial charge is 0.497 e. The molecule has 2 N–H and O–H groups in total. The Kier molecular flexibility index (Phi) is 7.76. The molecule has 0 bridgehead atoms. The predicted octanol–water partition coefficient (Wildman–Crippen LogP) is 1.55. The van der Waals surface area contributed by atoms with Crippen LogP contribution in [0, 0.1) is 0 Å². The van der Waals surface area contributed by atoms with Crippen molar-refractivity contribution in [2.24, 2.45) is 0 Å². The number of amides is 1. The Morgan fingerprint density at radius 2 is 1.74 bits per heavy atom. The maximum absolute atomic E-state index is 12.3. The van der Waals surface area contributed by atoms with Crippen LogP contribution in [0.5, 0.6) is 17.2 Å². The number of ether oxygens (including phenoxy) is 4. The van der Waals surface area contributed by atoms with Crippen molar-refractivity contribution < 1.29 is 28.6 Å². The fourth-order valence-corrected chi connectivity index (χ4v) is 4.45. The van der Waals surface area contributed by atoms with Crippen LogP contribution in [0.4, 0.5) is 0 Å². The topological polar surface area (TPSA) is 70.5 Å². The van der Waals surface area contributed by atoms with Gasteiger partial charge in [0, 0.05) is 24.7 Å². The van der Waals surface area contributed by atoms with Gasteiger partial charge in [-0.2, -0.15) is 0 Å². The van der Waals surface area contributed by atoms with E-state index in [1.54, 1.807) is 21.3 Å². The smallest absolute Gasteiger partial charge is 0.246 e. The van der Waals surface area contributed by atoms with Gasteiger partial charge in [-0.25, -0.2) is 0 Å². The van der Waals surface area contributed by atoms with Gasteiger partial charge in [0.1, 0.15) is 24.9 Å². The molecule has 7 nitrogen and oxygen atoms in total. The summed E-state index contributed by atoms with van der Waals surface area (Å²) in [5, 5.41) is 3.11. The number of hydrogen-bond donors (Lipinski definition) is 2. The Morgan fingerprint density at radius 1 is 1.06 bits per heavy atom. The second-order valence-corrected chi connectivity index (χ2v) is 7.86. The molecule has 0 fully saturated rings. The van der Waals surface area contributed by atoms with Crippen molar-refractivity contribution in [3.05, 3.63) is 53.1 Å². The Hall–Kier alpha value is -2.77. The number of rotatable bonds is 9. The number of carbonyl (C=O) groups is 1. The summed E-state index contributed by atoms with van der Waals surface area (Å²) in [7, 11) is 6.50. The first-order chi connectivity index (χ1) is 15.0. The Bertz CT molecular complexity index is 884. The van der Waals surface area contributed by atoms with E-state index >= 15 is 0 Å². The molecule has 1 aliphatic heterocycles. The summed E-state index contributed by atoms with van der Waals surface area (Å²) in [5.74, 6) is 2.16. The van der Waals surface area contributed by atoms with Crippen LogP contribution in [0.2, 0.25) is 0 Å². The summed E-state index contributed by atoms with van der Waals surface area (Å²) in [6, 6.07) is 12.3. The highest BCUT2D eigenvalue weighted by molar-refractivity contribution is 5.77. The van der Waals surface area contributed by atoms with E-state index in [9.17, 15) is 4.79 Å². The maximum atomic E-state index is 12.3. The highest BCUT2D eigenvalue weighted by Gasteiger charge is 2.37. The molecular formula is C24H33N2O5+. The van der Waals surface area contributed by atoms with Crippen LogP contribution < -0.4 is 24.4 Å². The van der Waals surface area contributed by atoms with Crippen molar-refractivity contribution in [2.45, 2.75) is 32.0 Å². The maximum Gasteiger partial charge on any atom is 0.246 e. The lowest BCUT2D eigenvalue weighted by Gasteiger charge is -2.38. The summed E-state index contributed by atoms with van der Waals surface area (Å²) >= 11 is 0. The van der Waals surface area contributed by atoms with E-state index in [0.29, 0.717) is 5.75 Å². The van der Waals surface area contributed by atoms with Crippen LogP contribution in [0.15, 0.2) is 36.4 Å². The number of carbonyl (C=O) groups excluding carboxylic acids is 1. The molecule has 0 saturated carbocycles. The van der Waals surface area contributed by atoms with Gasteiger partial charge in [0.05, 0.1) is 33.9 Å². The average Bonchev–Trinajstić information content (AvgIpc) is 2.78. The third kappa shape index (κ3) is 5.29. The molecule has 3 atom stereocenters. The molecule has 168 valence electrons. The predicted molar refractivity (Wildman–Crippen MR) is 118 cm³/mol. The first kappa shape index (κ1) is 22.9. The van der Waals surface area contributed by atoms with Crippen molar-refractivity contribution in [3.63, 3.8) is 0 Å². The third-order valence-corrected chi connectivity index (χ3v) is 5.89. The zero-order valence-corrected chi connectivity index (χ0v) is 19.0. The van der Waals surface area contributed by atoms with Crippen LogP contribution in [-0.4, -0.2) is 53.5 Å². The second-order valence-electron chi connectivity index (χ2n) is 7.86. The average molecular weight is 430 g/mol. The first-order valence-electron chi connectivity index (χ1n) is 10.5. The lowest BCUT2D eigenvalue weighted by Crippen LogP contribution is -3.13. The monoisotopic (exact) mass is 429 g/mol. The Labute approximate surface area is 184 Å². The molecule has 2 aromatic rings. The highest BCUT2D eigenvalue weighted by atomic mass is 16.5. The van der Waals surface area contributed by atoms with Gasteiger partial charge in [0.2, 0.25) is 5.91 Å². The van der Waals surface area contributed by atoms with Crippen LogP contribution >= 0.6 is 0 Å². The molecule has 2 aromatic carbocycles. The zero-order chi connectivity index (χ0) is 22.4. The SMILES string of the molecule is COCC(=O)N[C@H](C)[C@H]1c2cc(OC)c(OC)cc2CC[NH+]1Cc1ccc(OC)cc1. The minimum Gasteiger partial charge on any atom is -0.497 e. The van der Waals surface area contributed by atoms with Crippen molar-refractivity contribution in [2.75, 3.05) is 41.6 Å². The summed E-state index contributed by atoms with van der Waals surface area (Å²) < 4.78 is 21.4. The first-order valence-corrected chi connectivity index (χ1v) is 10.5. The number of methoxy groups -OCH3 is 4. The third-order valence-electron chi connectivity index (χ3n) is 5.89. The lowest BCUT2D eigenvalue weighted by atomic mass is 9.87. The zero-order valence-electron chi connectivity index (χ0n) is 19.0. The summed E-state index contributed by atoms with van der Waals surface area (Å²) in [4.78, 5) is 13.6. The lowest BCUT2D eigenvalue weighted by molar-refractivity contribution is -0.948. The van der Waals surface area contributed by atoms with Gasteiger partial charge < -0.3 is 29.2 Å². The second kappa shape index (κ2) is 10.5. The van der Waals surface area contributed by atoms with Crippen LogP contribution in [-0.2, 0) is 22.5 Å². The normalized spacial score (nSPS) is 18.6. The summed E-state index contributed by atoms with van der Waals surface area (Å²) in [6.45, 7) is 3.89. The van der Waals surface area contributed by atoms with Gasteiger partial charge in [-0.3, -0.25) is 4.79 Å². The summed E-state index contributed by atoms with van der Waals surface area (Å²) in [5.41, 5.74) is 3.63. The molecule has 31 heavy (non-hydrogen) atoms. The molecule has 0 spiro atoms. The van der Waals surface area contributed by atoms with E-state index in [0.717, 1.165) is 31.0 Å². The number of quaternary nitrogens is 1. The molecule has 1 amide bonds. The fourth-order valence-electron chi connectivity index (χ4n) is 4.45. The van der Waals surface area contributed by atoms with Gasteiger partial charge in [-0.15, -0.1) is 0 Å². The Balaban J connectivity index is 1.95. The van der Waals surface area contributed by atoms with Crippen molar-refractivity contribution >= 4 is 5.91 Å². The molecule has 0 aliphatic carbocycles. The van der Waals surface area contributed by atoms with Crippen LogP contribution in [0.25, 0.3) is 0 Å². The number of hydrogen-bond acceptors (Lipinski definition) is 5. The quantitative estimate of drug-likeness (QED) is 0.633. The van der Waals surface area contributed by atoms with Crippen LogP contribution in [0.1, 0.15) is 29.7 Å². The van der Waals surface area contributed by atoms with E-state index < -0.39 is 0 Å². The van der Waals surface area contributed by atoms with Gasteiger partial charge in [-0.1, -0.05) is 0 Å². The molecule has 1 unspecified atom stereocenters. The number of nitrogens with one attached hydrogen (secondary N) is 2. The van der Waals surface area contributed by atoms with Gasteiger partial charge in [0.25, 0.3) is 0 Å². The summed E-state index contributed by atoms with van der Waals surface area (Å²) in [6.07, 6.45) is 0.927. The highest BCUT2D eigenvalue weighted by Crippen LogP contribution is 2.35. The molecule has 1 heterocycles. The van der Waals surface area contributed by atoms with E-state index in [4.69, 9.17) is 18.9 Å². The van der Waals surface area contributed by atoms with Crippen LogP contribution in [0.3, 0.4) is 0 Å². The molecule has 0 aromatic heterocycles. The minimum absolute atomic E-state index is 0.0453. The van der Waals surface area contributed by atoms with Gasteiger partial charge in [0.15, 0.2) is 11.5 Å². The number of benzene rings is 2. The number of fused-ring (bicyclic) bond motifs is 1. The van der Waals surface area contributed by atoms with Crippen molar-refractivity contribution in [1.29, 1.82) is 0 Å². The molecular weight excluding hydrogens is 396 g/mol. The standard InChI is InChI=1S/C24H32N2O5/c1-16(25-23(27)15-28-2)24-20-13-22(31-5)21(30-4)12-18(20)10-11-26(24)14-17-6-8-19(29-3)9-7-17/h6-9,12-13,16,24H,10-11,14-15H2,1-5H3,(H,25,27)/p+1/t16-,24+/m1/s1. The molecule has 0 saturated heterocycles. The van der Waals surface area contributed by atoms with Gasteiger partial charge in [-0.05, 0) is 48.9 Å². The van der Waals surface area contributed by atoms with E-state index in [1.165, 1.54) is 28.7 Å². The van der Waals surface area contributed by atoms with E-state index in [1.807, 2.05) is 12.1 Å². The fraction of sp³-hybridized carbons (Fsp3) is 0.458. The van der Waals surface area contributed by atoms with Crippen molar-refractivity contribution in [1.82, 2.24) is 5.32 Å². The molecule has 1 aliphatic rings. The Morgan fingerprint density at radius 3 is 2.35 bits per heavy atom. The van der Waals surface area contributed by atoms with E-state index in [2.05, 4.69) is 36.5 Å². The molecule has 3 rings (SSSR count).